The maximum absolute atomic E-state index is 3.76. The summed E-state index contributed by atoms with van der Waals surface area (Å²) in [6.07, 6.45) is 1.29. The molecule has 0 spiro atoms. The van der Waals surface area contributed by atoms with Crippen LogP contribution in [0.4, 0.5) is 5.69 Å². The summed E-state index contributed by atoms with van der Waals surface area (Å²) in [6, 6.07) is 9.50. The Morgan fingerprint density at radius 3 is 2.65 bits per heavy atom. The molecule has 0 bridgehead atoms. The summed E-state index contributed by atoms with van der Waals surface area (Å²) in [5, 5.41) is 3.76. The minimum absolute atomic E-state index is 0.356. The number of aryl methyl sites for hydroxylation is 1. The van der Waals surface area contributed by atoms with Gasteiger partial charge in [0.25, 0.3) is 0 Å². The van der Waals surface area contributed by atoms with Gasteiger partial charge in [0.1, 0.15) is 0 Å². The first-order valence-electron chi connectivity index (χ1n) is 7.88. The van der Waals surface area contributed by atoms with Crippen LogP contribution in [-0.2, 0) is 0 Å². The van der Waals surface area contributed by atoms with E-state index in [0.717, 1.165) is 19.0 Å². The summed E-state index contributed by atoms with van der Waals surface area (Å²) >= 11 is 0. The molecule has 0 aromatic heterocycles. The Morgan fingerprint density at radius 1 is 1.25 bits per heavy atom. The molecule has 0 aliphatic carbocycles. The van der Waals surface area contributed by atoms with E-state index in [9.17, 15) is 0 Å². The van der Waals surface area contributed by atoms with Gasteiger partial charge in [-0.05, 0) is 42.4 Å². The molecule has 0 amide bonds. The molecule has 0 saturated carbocycles. The SMILES string of the molecule is Cc1cccc(N2CC(C)CC(NCC(C)(C)C)C2)c1. The van der Waals surface area contributed by atoms with Crippen molar-refractivity contribution in [3.8, 4) is 0 Å². The van der Waals surface area contributed by atoms with Gasteiger partial charge in [-0.25, -0.2) is 0 Å². The van der Waals surface area contributed by atoms with E-state index in [2.05, 4.69) is 69.1 Å². The molecule has 1 saturated heterocycles. The molecule has 2 nitrogen and oxygen atoms in total. The number of benzene rings is 1. The molecule has 1 heterocycles. The first kappa shape index (κ1) is 15.4. The van der Waals surface area contributed by atoms with Gasteiger partial charge in [0.2, 0.25) is 0 Å². The van der Waals surface area contributed by atoms with E-state index in [4.69, 9.17) is 0 Å². The molecular weight excluding hydrogens is 244 g/mol. The average molecular weight is 274 g/mol. The lowest BCUT2D eigenvalue weighted by atomic mass is 9.92. The van der Waals surface area contributed by atoms with E-state index in [-0.39, 0.29) is 0 Å². The third-order valence-electron chi connectivity index (χ3n) is 3.95. The van der Waals surface area contributed by atoms with Crippen LogP contribution < -0.4 is 10.2 Å². The first-order valence-corrected chi connectivity index (χ1v) is 7.88. The van der Waals surface area contributed by atoms with Crippen LogP contribution in [0.3, 0.4) is 0 Å². The normalized spacial score (nSPS) is 23.9. The molecule has 1 N–H and O–H groups in total. The zero-order valence-corrected chi connectivity index (χ0v) is 13.7. The summed E-state index contributed by atoms with van der Waals surface area (Å²) < 4.78 is 0. The summed E-state index contributed by atoms with van der Waals surface area (Å²) in [5.41, 5.74) is 3.08. The standard InChI is InChI=1S/C18H30N2/c1-14-7-6-8-17(10-14)20-11-15(2)9-16(12-20)19-13-18(3,4)5/h6-8,10,15-16,19H,9,11-13H2,1-5H3. The second-order valence-corrected chi connectivity index (χ2v) is 7.72. The minimum Gasteiger partial charge on any atom is -0.370 e. The fraction of sp³-hybridized carbons (Fsp3) is 0.667. The highest BCUT2D eigenvalue weighted by Crippen LogP contribution is 2.24. The highest BCUT2D eigenvalue weighted by Gasteiger charge is 2.25. The lowest BCUT2D eigenvalue weighted by Gasteiger charge is -2.39. The van der Waals surface area contributed by atoms with Gasteiger partial charge in [-0.2, -0.15) is 0 Å². The molecule has 1 aliphatic rings. The quantitative estimate of drug-likeness (QED) is 0.901. The number of piperidine rings is 1. The van der Waals surface area contributed by atoms with Crippen LogP contribution in [0.25, 0.3) is 0 Å². The van der Waals surface area contributed by atoms with Gasteiger partial charge < -0.3 is 10.2 Å². The molecular formula is C18H30N2. The number of nitrogens with one attached hydrogen (secondary N) is 1. The first-order chi connectivity index (χ1) is 9.33. The topological polar surface area (TPSA) is 15.3 Å². The number of anilines is 1. The van der Waals surface area contributed by atoms with Crippen LogP contribution in [-0.4, -0.2) is 25.7 Å². The zero-order chi connectivity index (χ0) is 14.8. The molecule has 112 valence electrons. The Balaban J connectivity index is 2.01. The number of hydrogen-bond donors (Lipinski definition) is 1. The molecule has 1 fully saturated rings. The highest BCUT2D eigenvalue weighted by atomic mass is 15.2. The molecule has 2 atom stereocenters. The Labute approximate surface area is 124 Å². The van der Waals surface area contributed by atoms with E-state index >= 15 is 0 Å². The number of rotatable bonds is 3. The molecule has 1 aromatic carbocycles. The Kier molecular flexibility index (Phi) is 4.74. The van der Waals surface area contributed by atoms with E-state index in [1.807, 2.05) is 0 Å². The van der Waals surface area contributed by atoms with Crippen LogP contribution in [0.2, 0.25) is 0 Å². The summed E-state index contributed by atoms with van der Waals surface area (Å²) in [4.78, 5) is 2.54. The molecule has 1 aromatic rings. The van der Waals surface area contributed by atoms with E-state index in [1.165, 1.54) is 24.2 Å². The molecule has 2 unspecified atom stereocenters. The van der Waals surface area contributed by atoms with Gasteiger partial charge in [-0.1, -0.05) is 39.8 Å². The van der Waals surface area contributed by atoms with Gasteiger partial charge in [-0.3, -0.25) is 0 Å². The zero-order valence-electron chi connectivity index (χ0n) is 13.7. The van der Waals surface area contributed by atoms with Crippen LogP contribution in [0.1, 0.15) is 39.7 Å². The second kappa shape index (κ2) is 6.17. The van der Waals surface area contributed by atoms with E-state index in [1.54, 1.807) is 0 Å². The van der Waals surface area contributed by atoms with Crippen molar-refractivity contribution < 1.29 is 0 Å². The predicted octanol–water partition coefficient (Wildman–Crippen LogP) is 3.85. The van der Waals surface area contributed by atoms with Crippen molar-refractivity contribution in [2.45, 2.75) is 47.1 Å². The lowest BCUT2D eigenvalue weighted by Crippen LogP contribution is -2.50. The number of hydrogen-bond acceptors (Lipinski definition) is 2. The van der Waals surface area contributed by atoms with Crippen molar-refractivity contribution >= 4 is 5.69 Å². The highest BCUT2D eigenvalue weighted by molar-refractivity contribution is 5.49. The van der Waals surface area contributed by atoms with E-state index in [0.29, 0.717) is 11.5 Å². The molecule has 2 heteroatoms. The van der Waals surface area contributed by atoms with E-state index < -0.39 is 0 Å². The van der Waals surface area contributed by atoms with Gasteiger partial charge in [0.05, 0.1) is 0 Å². The Bertz CT molecular complexity index is 433. The van der Waals surface area contributed by atoms with Crippen LogP contribution in [0, 0.1) is 18.3 Å². The third-order valence-corrected chi connectivity index (χ3v) is 3.95. The maximum atomic E-state index is 3.76. The summed E-state index contributed by atoms with van der Waals surface area (Å²) in [7, 11) is 0. The summed E-state index contributed by atoms with van der Waals surface area (Å²) in [6.45, 7) is 14.8. The fourth-order valence-corrected chi connectivity index (χ4v) is 2.99. The molecule has 0 radical (unpaired) electrons. The smallest absolute Gasteiger partial charge is 0.0369 e. The van der Waals surface area contributed by atoms with Crippen molar-refractivity contribution in [1.29, 1.82) is 0 Å². The van der Waals surface area contributed by atoms with Crippen LogP contribution >= 0.6 is 0 Å². The third kappa shape index (κ3) is 4.52. The van der Waals surface area contributed by atoms with Crippen LogP contribution in [0.15, 0.2) is 24.3 Å². The molecule has 20 heavy (non-hydrogen) atoms. The second-order valence-electron chi connectivity index (χ2n) is 7.72. The van der Waals surface area contributed by atoms with Crippen molar-refractivity contribution in [2.24, 2.45) is 11.3 Å². The van der Waals surface area contributed by atoms with Gasteiger partial charge in [0.15, 0.2) is 0 Å². The maximum Gasteiger partial charge on any atom is 0.0369 e. The van der Waals surface area contributed by atoms with Crippen molar-refractivity contribution in [1.82, 2.24) is 5.32 Å². The van der Waals surface area contributed by atoms with Gasteiger partial charge in [0, 0.05) is 31.4 Å². The Hall–Kier alpha value is -1.02. The van der Waals surface area contributed by atoms with Crippen LogP contribution in [0.5, 0.6) is 0 Å². The minimum atomic E-state index is 0.356. The van der Waals surface area contributed by atoms with Crippen molar-refractivity contribution in [3.05, 3.63) is 29.8 Å². The van der Waals surface area contributed by atoms with Crippen molar-refractivity contribution in [2.75, 3.05) is 24.5 Å². The van der Waals surface area contributed by atoms with Gasteiger partial charge in [-0.15, -0.1) is 0 Å². The molecule has 1 aliphatic heterocycles. The van der Waals surface area contributed by atoms with Crippen molar-refractivity contribution in [3.63, 3.8) is 0 Å². The Morgan fingerprint density at radius 2 is 2.00 bits per heavy atom. The largest absolute Gasteiger partial charge is 0.370 e. The average Bonchev–Trinajstić information content (AvgIpc) is 2.35. The number of nitrogens with zero attached hydrogens (tertiary/aromatic N) is 1. The lowest BCUT2D eigenvalue weighted by molar-refractivity contribution is 0.300. The molecule has 2 rings (SSSR count). The predicted molar refractivity (Wildman–Crippen MR) is 88.4 cm³/mol. The summed E-state index contributed by atoms with van der Waals surface area (Å²) in [5.74, 6) is 0.752. The fourth-order valence-electron chi connectivity index (χ4n) is 2.99. The monoisotopic (exact) mass is 274 g/mol. The van der Waals surface area contributed by atoms with Gasteiger partial charge >= 0.3 is 0 Å².